The number of sulfonamides is 4. The Morgan fingerprint density at radius 2 is 0.950 bits per heavy atom. The number of unbranched alkanes of at least 4 members (excludes halogenated alkanes) is 1. The van der Waals surface area contributed by atoms with Crippen LogP contribution in [0.15, 0.2) is 261 Å². The summed E-state index contributed by atoms with van der Waals surface area (Å²) in [6, 6.07) is 59.5. The summed E-state index contributed by atoms with van der Waals surface area (Å²) in [5.41, 5.74) is 13.0. The second-order valence-electron chi connectivity index (χ2n) is 25.0. The van der Waals surface area contributed by atoms with Gasteiger partial charge in [-0.2, -0.15) is 0 Å². The molecule has 12 N–H and O–H groups in total. The number of urea groups is 1. The van der Waals surface area contributed by atoms with Gasteiger partial charge in [0.25, 0.3) is 27.1 Å². The average molecular weight is 2140 g/mol. The van der Waals surface area contributed by atoms with Crippen molar-refractivity contribution in [1.29, 1.82) is 0 Å². The molecule has 1 heterocycles. The van der Waals surface area contributed by atoms with Crippen LogP contribution in [0, 0.1) is 59.8 Å². The second-order valence-corrected chi connectivity index (χ2v) is 36.1. The molecule has 33 nitrogen and oxygen atoms in total. The lowest BCUT2D eigenvalue weighted by Gasteiger charge is -2.21. The highest BCUT2D eigenvalue weighted by atomic mass is 127. The van der Waals surface area contributed by atoms with Crippen LogP contribution in [-0.4, -0.2) is 78.1 Å². The number of nitro benzene ring substituents is 3. The van der Waals surface area contributed by atoms with Crippen molar-refractivity contribution < 1.29 is 86.5 Å². The Morgan fingerprint density at radius 1 is 0.517 bits per heavy atom. The molecular weight excluding hydrogens is 2070 g/mol. The molecule has 630 valence electrons. The minimum absolute atomic E-state index is 0.0628. The van der Waals surface area contributed by atoms with Crippen molar-refractivity contribution in [1.82, 2.24) is 15.0 Å². The fourth-order valence-corrected chi connectivity index (χ4v) is 14.6. The molecule has 0 unspecified atom stereocenters. The normalized spacial score (nSPS) is 10.8. The van der Waals surface area contributed by atoms with Crippen LogP contribution in [-0.2, 0) is 49.6 Å². The van der Waals surface area contributed by atoms with Crippen molar-refractivity contribution in [3.05, 3.63) is 299 Å². The first-order valence-corrected chi connectivity index (χ1v) is 44.5. The maximum Gasteiger partial charge on any atom is 0.329 e. The summed E-state index contributed by atoms with van der Waals surface area (Å²) >= 11 is 15.2. The summed E-state index contributed by atoms with van der Waals surface area (Å²) in [5.74, 6) is 9.91. The Morgan fingerprint density at radius 3 is 1.42 bits per heavy atom. The number of nitrogens with two attached hydrogens (primary N) is 5. The first-order valence-electron chi connectivity index (χ1n) is 34.0. The Hall–Kier alpha value is -10.9. The predicted molar refractivity (Wildman–Crippen MR) is 479 cm³/mol. The standard InChI is InChI=1S/C19H19NO3.C16H18IN3O4S.C13H11BrN2O5S.C12H9IN2O5S.C12H10INO.C6H5ClN2O4S/c1-22-19(21)14-4-2-3-9-15-10-5-7-12-17(15)23-18-13-8-6-11-16(18)20;1-16(2,3)19-15(21)20-25(22,23)14-10-18-8-7-13(14)24-12-6-4-5-11(17)9-12;1-8-2-4-11(10(14)6-8)21-12-5-3-9(16(17)18)7-13(12)22(15,19)20;13-9-3-1-2-4-10(9)20-11-6-5-8(15(16)17)7-12(11)21(14,18)19;13-9-5-1-3-7-11(9)15-12-8-4-2-6-10(12)14;7-5-2-1-4(9(10)11)3-6(5)14(8,12)13/h5-8,10-13H,2,4,14,20H2,1H3;4-10H,1-3H3,(H2,19,20,21);2-7H,1H3,(H2,15,19,20);1-7H,(H2,14,18,19);1-8H,14H2;1-3H,(H2,8,12,13). The van der Waals surface area contributed by atoms with Crippen LogP contribution in [0.3, 0.4) is 0 Å². The number of non-ortho nitro benzene ring substituents is 3. The zero-order chi connectivity index (χ0) is 88.9. The van der Waals surface area contributed by atoms with E-state index in [1.54, 1.807) is 87.5 Å². The molecule has 42 heteroatoms. The first-order chi connectivity index (χ1) is 56.3. The number of hydrogen-bond donors (Lipinski definition) is 7. The molecule has 0 aliphatic rings. The summed E-state index contributed by atoms with van der Waals surface area (Å²) < 4.78 is 131. The minimum atomic E-state index is -4.18. The highest BCUT2D eigenvalue weighted by Crippen LogP contribution is 2.38. The number of carbonyl (C=O) groups excluding carboxylic acids is 2. The molecule has 0 radical (unpaired) electrons. The van der Waals surface area contributed by atoms with Crippen molar-refractivity contribution in [3.63, 3.8) is 0 Å². The van der Waals surface area contributed by atoms with Gasteiger partial charge in [-0.1, -0.05) is 96.2 Å². The second kappa shape index (κ2) is 45.5. The van der Waals surface area contributed by atoms with E-state index < -0.39 is 81.1 Å². The number of ether oxygens (including phenoxy) is 6. The number of carbonyl (C=O) groups is 2. The summed E-state index contributed by atoms with van der Waals surface area (Å²) in [5, 5.41) is 49.2. The highest BCUT2D eigenvalue weighted by molar-refractivity contribution is 14.1. The number of benzene rings is 10. The maximum atomic E-state index is 12.5. The lowest BCUT2D eigenvalue weighted by Crippen LogP contribution is -2.48. The summed E-state index contributed by atoms with van der Waals surface area (Å²) in [6.07, 6.45) is 4.22. The van der Waals surface area contributed by atoms with E-state index in [1.807, 2.05) is 131 Å². The average Bonchev–Trinajstić information content (AvgIpc) is 0.762. The van der Waals surface area contributed by atoms with Gasteiger partial charge in [0.05, 0.1) is 61.7 Å². The molecule has 0 fully saturated rings. The number of nitrogen functional groups attached to an aromatic ring is 2. The molecule has 10 aromatic carbocycles. The molecule has 0 aliphatic heterocycles. The number of anilines is 2. The molecule has 0 bridgehead atoms. The number of para-hydroxylation sites is 7. The van der Waals surface area contributed by atoms with Gasteiger partial charge in [0.15, 0.2) is 5.75 Å². The number of nitrogens with one attached hydrogen (secondary N) is 2. The van der Waals surface area contributed by atoms with E-state index in [2.05, 4.69) is 88.0 Å². The van der Waals surface area contributed by atoms with Crippen LogP contribution in [0.5, 0.6) is 57.5 Å². The zero-order valence-electron chi connectivity index (χ0n) is 63.3. The molecule has 120 heavy (non-hydrogen) atoms. The number of aryl methyl sites for hydroxylation is 1. The SMILES string of the molecule is CC(C)(C)NC(=O)NS(=O)(=O)c1cnccc1Oc1cccc(I)c1.COC(=O)CCCC#Cc1ccccc1Oc1ccccc1N.Cc1ccc(Oc2ccc([N+](=O)[O-])cc2S(N)(=O)=O)c(Br)c1.NS(=O)(=O)c1cc([N+](=O)[O-])ccc1Cl.NS(=O)(=O)c1cc([N+](=O)[O-])ccc1Oc1ccccc1I.Nc1ccccc1Oc1ccccc1I. The minimum Gasteiger partial charge on any atom is -0.469 e. The fraction of sp³-hybridized carbons (Fsp3) is 0.115. The van der Waals surface area contributed by atoms with Gasteiger partial charge < -0.3 is 45.2 Å². The Bertz CT molecular complexity index is 6070. The van der Waals surface area contributed by atoms with Crippen molar-refractivity contribution >= 4 is 176 Å². The number of esters is 1. The van der Waals surface area contributed by atoms with Crippen LogP contribution in [0.4, 0.5) is 33.2 Å². The van der Waals surface area contributed by atoms with E-state index >= 15 is 0 Å². The summed E-state index contributed by atoms with van der Waals surface area (Å²) in [6.45, 7) is 7.12. The van der Waals surface area contributed by atoms with Gasteiger partial charge in [0, 0.05) is 70.6 Å². The van der Waals surface area contributed by atoms with Crippen LogP contribution in [0.1, 0.15) is 51.2 Å². The molecule has 0 saturated heterocycles. The van der Waals surface area contributed by atoms with Crippen LogP contribution in [0.2, 0.25) is 5.02 Å². The third-order valence-electron chi connectivity index (χ3n) is 14.6. The zero-order valence-corrected chi connectivity index (χ0v) is 75.4. The number of rotatable bonds is 21. The van der Waals surface area contributed by atoms with Gasteiger partial charge in [0.1, 0.15) is 71.3 Å². The number of nitro groups is 3. The third kappa shape index (κ3) is 32.3. The molecular formula is C78H72BrClI3N11O22S4. The van der Waals surface area contributed by atoms with Gasteiger partial charge in [-0.25, -0.2) is 58.6 Å². The molecule has 0 saturated carbocycles. The largest absolute Gasteiger partial charge is 0.469 e. The highest BCUT2D eigenvalue weighted by Gasteiger charge is 2.27. The van der Waals surface area contributed by atoms with Crippen LogP contribution < -0.4 is 60.6 Å². The fourth-order valence-electron chi connectivity index (χ4n) is 9.12. The van der Waals surface area contributed by atoms with Crippen LogP contribution in [0.25, 0.3) is 0 Å². The Labute approximate surface area is 744 Å². The monoisotopic (exact) mass is 2140 g/mol. The Kier molecular flexibility index (Phi) is 37.1. The predicted octanol–water partition coefficient (Wildman–Crippen LogP) is 17.3. The van der Waals surface area contributed by atoms with Gasteiger partial charge in [0.2, 0.25) is 30.1 Å². The Balaban J connectivity index is 0.000000225. The van der Waals surface area contributed by atoms with Crippen molar-refractivity contribution in [2.75, 3.05) is 18.6 Å². The van der Waals surface area contributed by atoms with E-state index in [9.17, 15) is 73.6 Å². The molecule has 0 aliphatic carbocycles. The summed E-state index contributed by atoms with van der Waals surface area (Å²) in [7, 11) is -15.1. The van der Waals surface area contributed by atoms with E-state index in [0.29, 0.717) is 69.6 Å². The molecule has 2 amide bonds. The van der Waals surface area contributed by atoms with Gasteiger partial charge in [-0.3, -0.25) is 40.1 Å². The third-order valence-corrected chi connectivity index (χ3v) is 22.3. The van der Waals surface area contributed by atoms with E-state index in [-0.39, 0.29) is 50.2 Å². The van der Waals surface area contributed by atoms with Crippen molar-refractivity contribution in [3.8, 4) is 69.3 Å². The number of amides is 2. The van der Waals surface area contributed by atoms with Gasteiger partial charge in [-0.15, -0.1) is 0 Å². The summed E-state index contributed by atoms with van der Waals surface area (Å²) in [4.78, 5) is 54.9. The lowest BCUT2D eigenvalue weighted by atomic mass is 10.1. The molecule has 11 rings (SSSR count). The van der Waals surface area contributed by atoms with Crippen molar-refractivity contribution in [2.24, 2.45) is 15.4 Å². The van der Waals surface area contributed by atoms with E-state index in [0.717, 1.165) is 76.2 Å². The van der Waals surface area contributed by atoms with Crippen LogP contribution >= 0.6 is 95.3 Å². The van der Waals surface area contributed by atoms with E-state index in [1.165, 1.54) is 31.5 Å². The number of aromatic nitrogens is 1. The van der Waals surface area contributed by atoms with Gasteiger partial charge in [-0.05, 0) is 233 Å². The molecule has 0 atom stereocenters. The topological polar surface area (TPSA) is 523 Å². The number of nitrogens with zero attached hydrogens (tertiary/aromatic N) is 4. The number of halogens is 5. The molecule has 0 spiro atoms. The molecule has 11 aromatic rings. The number of hydrogen-bond acceptors (Lipinski definition) is 25. The quantitative estimate of drug-likeness (QED) is 0.00668. The number of methoxy groups -OCH3 is 1. The van der Waals surface area contributed by atoms with E-state index in [4.69, 9.17) is 62.2 Å². The maximum absolute atomic E-state index is 12.5. The van der Waals surface area contributed by atoms with Crippen molar-refractivity contribution in [2.45, 2.75) is 72.1 Å². The number of pyridine rings is 1. The smallest absolute Gasteiger partial charge is 0.329 e. The number of primary sulfonamides is 3. The molecule has 1 aromatic heterocycles. The first kappa shape index (κ1) is 97.9. The van der Waals surface area contributed by atoms with Gasteiger partial charge >= 0.3 is 12.0 Å². The lowest BCUT2D eigenvalue weighted by molar-refractivity contribution is -0.385.